The summed E-state index contributed by atoms with van der Waals surface area (Å²) in [5, 5.41) is 21.5. The van der Waals surface area contributed by atoms with E-state index in [0.717, 1.165) is 44.5 Å². The van der Waals surface area contributed by atoms with Crippen LogP contribution in [0.3, 0.4) is 0 Å². The number of hydrogen-bond acceptors (Lipinski definition) is 9. The number of phenolic OH excluding ortho intramolecular Hbond substituents is 1. The van der Waals surface area contributed by atoms with E-state index < -0.39 is 29.3 Å². The number of halogens is 2. The van der Waals surface area contributed by atoms with Crippen LogP contribution in [-0.4, -0.2) is 90.3 Å². The molecule has 2 amide bonds. The van der Waals surface area contributed by atoms with Gasteiger partial charge in [-0.3, -0.25) is 14.5 Å². The number of esters is 1. The van der Waals surface area contributed by atoms with Gasteiger partial charge in [-0.1, -0.05) is 53.5 Å². The van der Waals surface area contributed by atoms with E-state index in [0.29, 0.717) is 45.4 Å². The van der Waals surface area contributed by atoms with E-state index in [4.69, 9.17) is 39.1 Å². The van der Waals surface area contributed by atoms with Gasteiger partial charge in [-0.25, -0.2) is 4.79 Å². The summed E-state index contributed by atoms with van der Waals surface area (Å²) >= 11 is 12.8. The lowest BCUT2D eigenvalue weighted by molar-refractivity contribution is -0.145. The highest BCUT2D eigenvalue weighted by molar-refractivity contribution is 6.39. The molecule has 0 saturated carbocycles. The SMILES string of the molecule is C#CCCC1(CCC(=O)N2CCN(CCCCCOc3c(Cl)cc(C(=O)N[C@@H](Cc4ccccc4)C(=O)OCC)c(O)c3Cl)CC2)N=N1. The Kier molecular flexibility index (Phi) is 13.9. The Balaban J connectivity index is 1.17. The van der Waals surface area contributed by atoms with Crippen molar-refractivity contribution in [3.63, 3.8) is 0 Å². The van der Waals surface area contributed by atoms with Crippen LogP contribution in [0.15, 0.2) is 46.6 Å². The fraction of sp³-hybridized carbons (Fsp3) is 0.514. The molecule has 2 aliphatic heterocycles. The van der Waals surface area contributed by atoms with Gasteiger partial charge in [0.1, 0.15) is 11.1 Å². The van der Waals surface area contributed by atoms with Crippen LogP contribution in [0.5, 0.6) is 11.5 Å². The lowest BCUT2D eigenvalue weighted by Crippen LogP contribution is -2.48. The predicted molar refractivity (Wildman–Crippen MR) is 183 cm³/mol. The second-order valence-corrected chi connectivity index (χ2v) is 12.7. The number of piperazine rings is 1. The van der Waals surface area contributed by atoms with Crippen LogP contribution in [0.4, 0.5) is 0 Å². The molecule has 2 aliphatic rings. The number of aromatic hydroxyl groups is 1. The van der Waals surface area contributed by atoms with Crippen LogP contribution >= 0.6 is 23.2 Å². The maximum atomic E-state index is 13.1. The molecule has 0 spiro atoms. The molecule has 1 atom stereocenters. The standard InChI is InChI=1S/C35H43Cl2N5O6/c1-3-5-15-35(39-40-35)16-14-29(43)42-20-18-41(19-21-42)17-10-7-11-22-48-32-27(36)24-26(31(44)30(32)37)33(45)38-28(34(46)47-4-2)23-25-12-8-6-9-13-25/h1,6,8-9,12-13,24,28,44H,4-5,7,10-11,14-23H2,2H3,(H,38,45)/t28-/m0/s1. The first-order valence-corrected chi connectivity index (χ1v) is 17.1. The lowest BCUT2D eigenvalue weighted by Gasteiger charge is -2.35. The monoisotopic (exact) mass is 699 g/mol. The van der Waals surface area contributed by atoms with Crippen molar-refractivity contribution in [2.45, 2.75) is 70.0 Å². The molecule has 0 aliphatic carbocycles. The number of unbranched alkanes of at least 4 members (excludes halogenated alkanes) is 2. The van der Waals surface area contributed by atoms with Crippen molar-refractivity contribution in [1.82, 2.24) is 15.1 Å². The fourth-order valence-corrected chi connectivity index (χ4v) is 6.13. The van der Waals surface area contributed by atoms with Gasteiger partial charge < -0.3 is 24.8 Å². The molecule has 48 heavy (non-hydrogen) atoms. The van der Waals surface area contributed by atoms with Gasteiger partial charge in [0.05, 0.1) is 23.8 Å². The second-order valence-electron chi connectivity index (χ2n) is 11.9. The fourth-order valence-electron chi connectivity index (χ4n) is 5.56. The van der Waals surface area contributed by atoms with Gasteiger partial charge in [-0.05, 0) is 44.4 Å². The molecule has 0 radical (unpaired) electrons. The Morgan fingerprint density at radius 1 is 1.08 bits per heavy atom. The predicted octanol–water partition coefficient (Wildman–Crippen LogP) is 5.65. The zero-order valence-corrected chi connectivity index (χ0v) is 28.8. The van der Waals surface area contributed by atoms with Crippen molar-refractivity contribution in [3.05, 3.63) is 57.6 Å². The first-order chi connectivity index (χ1) is 23.2. The van der Waals surface area contributed by atoms with Crippen molar-refractivity contribution < 1.29 is 29.0 Å². The average Bonchev–Trinajstić information content (AvgIpc) is 3.87. The third-order valence-electron chi connectivity index (χ3n) is 8.44. The third-order valence-corrected chi connectivity index (χ3v) is 9.07. The van der Waals surface area contributed by atoms with E-state index in [-0.39, 0.29) is 40.3 Å². The van der Waals surface area contributed by atoms with Crippen molar-refractivity contribution in [2.24, 2.45) is 10.2 Å². The molecule has 4 rings (SSSR count). The molecule has 2 aromatic carbocycles. The summed E-state index contributed by atoms with van der Waals surface area (Å²) in [5.41, 5.74) is 0.220. The Morgan fingerprint density at radius 2 is 1.81 bits per heavy atom. The summed E-state index contributed by atoms with van der Waals surface area (Å²) in [7, 11) is 0. The topological polar surface area (TPSA) is 133 Å². The Morgan fingerprint density at radius 3 is 2.48 bits per heavy atom. The van der Waals surface area contributed by atoms with Gasteiger partial charge >= 0.3 is 5.97 Å². The van der Waals surface area contributed by atoms with E-state index in [1.54, 1.807) is 6.92 Å². The molecule has 258 valence electrons. The van der Waals surface area contributed by atoms with E-state index in [1.165, 1.54) is 6.07 Å². The summed E-state index contributed by atoms with van der Waals surface area (Å²) in [5.74, 6) is 1.03. The van der Waals surface area contributed by atoms with Crippen LogP contribution < -0.4 is 10.1 Å². The number of nitrogens with zero attached hydrogens (tertiary/aromatic N) is 4. The second kappa shape index (κ2) is 18.1. The minimum atomic E-state index is -0.984. The molecule has 1 fully saturated rings. The summed E-state index contributed by atoms with van der Waals surface area (Å²) < 4.78 is 11.0. The van der Waals surface area contributed by atoms with Crippen molar-refractivity contribution >= 4 is 41.0 Å². The van der Waals surface area contributed by atoms with Crippen LogP contribution in [0.2, 0.25) is 10.0 Å². The molecule has 0 unspecified atom stereocenters. The number of hydrogen-bond donors (Lipinski definition) is 2. The minimum absolute atomic E-state index is 0.0646. The zero-order chi connectivity index (χ0) is 34.5. The van der Waals surface area contributed by atoms with E-state index in [1.807, 2.05) is 35.2 Å². The molecule has 2 N–H and O–H groups in total. The highest BCUT2D eigenvalue weighted by Gasteiger charge is 2.39. The van der Waals surface area contributed by atoms with Crippen molar-refractivity contribution in [3.8, 4) is 23.8 Å². The first kappa shape index (κ1) is 37.0. The Labute approximate surface area is 291 Å². The summed E-state index contributed by atoms with van der Waals surface area (Å²) in [6, 6.07) is 9.49. The van der Waals surface area contributed by atoms with Crippen molar-refractivity contribution in [2.75, 3.05) is 45.9 Å². The molecule has 13 heteroatoms. The number of carbonyl (C=O) groups is 3. The first-order valence-electron chi connectivity index (χ1n) is 16.4. The molecule has 2 aromatic rings. The quantitative estimate of drug-likeness (QED) is 0.117. The maximum absolute atomic E-state index is 13.1. The maximum Gasteiger partial charge on any atom is 0.328 e. The highest BCUT2D eigenvalue weighted by Crippen LogP contribution is 2.42. The number of amides is 2. The number of nitrogens with one attached hydrogen (secondary N) is 1. The number of ether oxygens (including phenoxy) is 2. The molecule has 0 aromatic heterocycles. The number of carbonyl (C=O) groups excluding carboxylic acids is 3. The Bertz CT molecular complexity index is 1480. The van der Waals surface area contributed by atoms with Gasteiger partial charge in [0.2, 0.25) is 5.91 Å². The molecule has 1 saturated heterocycles. The average molecular weight is 701 g/mol. The molecule has 11 nitrogen and oxygen atoms in total. The summed E-state index contributed by atoms with van der Waals surface area (Å²) in [6.45, 7) is 6.14. The largest absolute Gasteiger partial charge is 0.505 e. The van der Waals surface area contributed by atoms with Crippen LogP contribution in [0.1, 0.15) is 67.8 Å². The van der Waals surface area contributed by atoms with Crippen molar-refractivity contribution in [1.29, 1.82) is 0 Å². The number of rotatable bonds is 18. The lowest BCUT2D eigenvalue weighted by atomic mass is 10.0. The molecular formula is C35H43Cl2N5O6. The minimum Gasteiger partial charge on any atom is -0.505 e. The molecule has 0 bridgehead atoms. The zero-order valence-electron chi connectivity index (χ0n) is 27.3. The molecule has 2 heterocycles. The third kappa shape index (κ3) is 10.6. The smallest absolute Gasteiger partial charge is 0.328 e. The highest BCUT2D eigenvalue weighted by atomic mass is 35.5. The number of benzene rings is 2. The Hall–Kier alpha value is -3.85. The normalized spacial score (nSPS) is 15.8. The van der Waals surface area contributed by atoms with Gasteiger partial charge in [-0.15, -0.1) is 12.3 Å². The molecular weight excluding hydrogens is 657 g/mol. The van der Waals surface area contributed by atoms with E-state index in [9.17, 15) is 19.5 Å². The number of phenols is 1. The summed E-state index contributed by atoms with van der Waals surface area (Å²) in [6.07, 6.45) is 10.5. The van der Waals surface area contributed by atoms with Gasteiger partial charge in [-0.2, -0.15) is 10.2 Å². The van der Waals surface area contributed by atoms with Gasteiger partial charge in [0.15, 0.2) is 17.2 Å². The summed E-state index contributed by atoms with van der Waals surface area (Å²) in [4.78, 5) is 42.7. The van der Waals surface area contributed by atoms with E-state index >= 15 is 0 Å². The van der Waals surface area contributed by atoms with Gasteiger partial charge in [0, 0.05) is 58.3 Å². The van der Waals surface area contributed by atoms with Gasteiger partial charge in [0.25, 0.3) is 5.91 Å². The van der Waals surface area contributed by atoms with E-state index in [2.05, 4.69) is 26.4 Å². The van der Waals surface area contributed by atoms with Crippen LogP contribution in [-0.2, 0) is 20.7 Å². The number of terminal acetylenes is 1. The van der Waals surface area contributed by atoms with Crippen LogP contribution in [0, 0.1) is 12.3 Å². The van der Waals surface area contributed by atoms with Crippen LogP contribution in [0.25, 0.3) is 0 Å².